The van der Waals surface area contributed by atoms with Crippen LogP contribution in [0.15, 0.2) is 29.2 Å². The summed E-state index contributed by atoms with van der Waals surface area (Å²) in [5, 5.41) is 2.52. The lowest BCUT2D eigenvalue weighted by Crippen LogP contribution is -2.44. The summed E-state index contributed by atoms with van der Waals surface area (Å²) in [6.07, 6.45) is 0.946. The fraction of sp³-hybridized carbons (Fsp3) is 0.550. The molecule has 33 heavy (non-hydrogen) atoms. The smallest absolute Gasteiger partial charge is 0.321 e. The van der Waals surface area contributed by atoms with Crippen LogP contribution in [-0.4, -0.2) is 88.1 Å². The van der Waals surface area contributed by atoms with Crippen LogP contribution in [-0.2, 0) is 39.0 Å². The van der Waals surface area contributed by atoms with Crippen LogP contribution in [0.3, 0.4) is 0 Å². The Morgan fingerprint density at radius 2 is 1.82 bits per heavy atom. The molecule has 1 aliphatic rings. The Hall–Kier alpha value is -2.51. The number of esters is 1. The number of rotatable bonds is 10. The number of hydrogen-bond acceptors (Lipinski definition) is 8. The van der Waals surface area contributed by atoms with Crippen molar-refractivity contribution in [2.75, 3.05) is 43.6 Å². The first-order valence-corrected chi connectivity index (χ1v) is 13.6. The third-order valence-corrected chi connectivity index (χ3v) is 8.59. The largest absolute Gasteiger partial charge is 0.455 e. The third kappa shape index (κ3) is 7.51. The second-order valence-electron chi connectivity index (χ2n) is 7.77. The molecule has 2 rings (SSSR count). The van der Waals surface area contributed by atoms with Crippen LogP contribution in [0.25, 0.3) is 0 Å². The van der Waals surface area contributed by atoms with Gasteiger partial charge in [-0.2, -0.15) is 4.31 Å². The minimum absolute atomic E-state index is 0.0133. The van der Waals surface area contributed by atoms with E-state index in [1.54, 1.807) is 0 Å². The van der Waals surface area contributed by atoms with Crippen molar-refractivity contribution < 1.29 is 36.0 Å². The fourth-order valence-electron chi connectivity index (χ4n) is 3.40. The first-order chi connectivity index (χ1) is 15.4. The molecule has 1 heterocycles. The topological polar surface area (TPSA) is 147 Å². The van der Waals surface area contributed by atoms with Gasteiger partial charge in [0.1, 0.15) is 6.54 Å². The molecule has 1 unspecified atom stereocenters. The first-order valence-electron chi connectivity index (χ1n) is 10.3. The summed E-state index contributed by atoms with van der Waals surface area (Å²) in [5.74, 6) is -1.84. The molecule has 1 aromatic rings. The van der Waals surface area contributed by atoms with E-state index in [0.29, 0.717) is 25.1 Å². The van der Waals surface area contributed by atoms with Crippen LogP contribution in [0.1, 0.15) is 26.7 Å². The molecule has 0 saturated carbocycles. The Bertz CT molecular complexity index is 1080. The number of sulfone groups is 1. The zero-order valence-electron chi connectivity index (χ0n) is 18.8. The molecule has 13 heteroatoms. The maximum Gasteiger partial charge on any atom is 0.321 e. The average Bonchev–Trinajstić information content (AvgIpc) is 3.09. The van der Waals surface area contributed by atoms with Gasteiger partial charge in [-0.05, 0) is 37.1 Å². The van der Waals surface area contributed by atoms with E-state index in [4.69, 9.17) is 4.74 Å². The summed E-state index contributed by atoms with van der Waals surface area (Å²) < 4.78 is 54.6. The van der Waals surface area contributed by atoms with Crippen molar-refractivity contribution in [3.63, 3.8) is 0 Å². The monoisotopic (exact) mass is 503 g/mol. The standard InChI is InChI=1S/C20H29N3O8S2/c1-4-10-23(17-9-11-32(27,28)14-17)19(25)13-31-20(26)12-22(3)33(29,30)18-7-5-16(6-8-18)21-15(2)24/h5-8,17H,4,9-14H2,1-3H3,(H,21,24). The molecule has 1 saturated heterocycles. The van der Waals surface area contributed by atoms with Gasteiger partial charge in [0.15, 0.2) is 16.4 Å². The highest BCUT2D eigenvalue weighted by molar-refractivity contribution is 7.91. The normalized spacial score (nSPS) is 17.5. The van der Waals surface area contributed by atoms with E-state index in [0.717, 1.165) is 4.31 Å². The number of nitrogens with one attached hydrogen (secondary N) is 1. The van der Waals surface area contributed by atoms with Crippen LogP contribution >= 0.6 is 0 Å². The van der Waals surface area contributed by atoms with Gasteiger partial charge in [-0.15, -0.1) is 0 Å². The minimum atomic E-state index is -4.01. The predicted molar refractivity (Wildman–Crippen MR) is 121 cm³/mol. The van der Waals surface area contributed by atoms with Gasteiger partial charge in [0, 0.05) is 32.2 Å². The van der Waals surface area contributed by atoms with E-state index < -0.39 is 50.9 Å². The van der Waals surface area contributed by atoms with E-state index in [1.807, 2.05) is 6.92 Å². The maximum absolute atomic E-state index is 12.7. The van der Waals surface area contributed by atoms with Crippen LogP contribution in [0.5, 0.6) is 0 Å². The summed E-state index contributed by atoms with van der Waals surface area (Å²) in [6, 6.07) is 4.98. The molecule has 1 N–H and O–H groups in total. The number of carbonyl (C=O) groups is 3. The molecule has 0 bridgehead atoms. The molecule has 2 amide bonds. The first kappa shape index (κ1) is 26.7. The summed E-state index contributed by atoms with van der Waals surface area (Å²) in [7, 11) is -6.00. The van der Waals surface area contributed by atoms with Crippen molar-refractivity contribution in [1.29, 1.82) is 0 Å². The average molecular weight is 504 g/mol. The molecule has 0 aromatic heterocycles. The van der Waals surface area contributed by atoms with Gasteiger partial charge in [-0.25, -0.2) is 16.8 Å². The molecular formula is C20H29N3O8S2. The predicted octanol–water partition coefficient (Wildman–Crippen LogP) is 0.234. The van der Waals surface area contributed by atoms with Crippen LogP contribution in [0.2, 0.25) is 0 Å². The van der Waals surface area contributed by atoms with E-state index in [-0.39, 0.29) is 22.3 Å². The molecule has 1 fully saturated rings. The Balaban J connectivity index is 1.94. The van der Waals surface area contributed by atoms with Crippen molar-refractivity contribution in [2.45, 2.75) is 37.6 Å². The van der Waals surface area contributed by atoms with Crippen molar-refractivity contribution in [3.05, 3.63) is 24.3 Å². The highest BCUT2D eigenvalue weighted by Gasteiger charge is 2.34. The van der Waals surface area contributed by atoms with Gasteiger partial charge >= 0.3 is 5.97 Å². The van der Waals surface area contributed by atoms with Gasteiger partial charge in [-0.1, -0.05) is 6.92 Å². The number of likely N-dealkylation sites (N-methyl/N-ethyl adjacent to an activating group) is 1. The lowest BCUT2D eigenvalue weighted by Gasteiger charge is -2.27. The molecule has 184 valence electrons. The van der Waals surface area contributed by atoms with Gasteiger partial charge < -0.3 is 15.0 Å². The highest BCUT2D eigenvalue weighted by atomic mass is 32.2. The number of anilines is 1. The Labute approximate surface area is 194 Å². The number of sulfonamides is 1. The summed E-state index contributed by atoms with van der Waals surface area (Å²) >= 11 is 0. The number of carbonyl (C=O) groups excluding carboxylic acids is 3. The molecule has 1 atom stereocenters. The van der Waals surface area contributed by atoms with Crippen LogP contribution in [0.4, 0.5) is 5.69 Å². The quantitative estimate of drug-likeness (QED) is 0.447. The lowest BCUT2D eigenvalue weighted by molar-refractivity contribution is -0.152. The second kappa shape index (κ2) is 11.1. The van der Waals surface area contributed by atoms with Gasteiger partial charge in [0.2, 0.25) is 15.9 Å². The zero-order valence-corrected chi connectivity index (χ0v) is 20.4. The zero-order chi connectivity index (χ0) is 24.8. The van der Waals surface area contributed by atoms with Crippen molar-refractivity contribution in [3.8, 4) is 0 Å². The molecule has 0 spiro atoms. The molecule has 0 aliphatic carbocycles. The van der Waals surface area contributed by atoms with E-state index in [1.165, 1.54) is 43.1 Å². The number of nitrogens with zero attached hydrogens (tertiary/aromatic N) is 2. The van der Waals surface area contributed by atoms with Crippen molar-refractivity contribution in [1.82, 2.24) is 9.21 Å². The summed E-state index contributed by atoms with van der Waals surface area (Å²) in [6.45, 7) is 2.28. The minimum Gasteiger partial charge on any atom is -0.455 e. The summed E-state index contributed by atoms with van der Waals surface area (Å²) in [4.78, 5) is 37.1. The van der Waals surface area contributed by atoms with E-state index in [2.05, 4.69) is 5.32 Å². The Morgan fingerprint density at radius 1 is 1.18 bits per heavy atom. The van der Waals surface area contributed by atoms with E-state index >= 15 is 0 Å². The Morgan fingerprint density at radius 3 is 2.33 bits per heavy atom. The number of ether oxygens (including phenoxy) is 1. The lowest BCUT2D eigenvalue weighted by atomic mass is 10.2. The van der Waals surface area contributed by atoms with Gasteiger partial charge in [0.25, 0.3) is 5.91 Å². The van der Waals surface area contributed by atoms with Crippen LogP contribution in [0, 0.1) is 0 Å². The highest BCUT2D eigenvalue weighted by Crippen LogP contribution is 2.19. The number of benzene rings is 1. The van der Waals surface area contributed by atoms with Gasteiger partial charge in [0.05, 0.1) is 16.4 Å². The van der Waals surface area contributed by atoms with E-state index in [9.17, 15) is 31.2 Å². The molecule has 1 aromatic carbocycles. The number of amides is 2. The molecule has 11 nitrogen and oxygen atoms in total. The van der Waals surface area contributed by atoms with Crippen LogP contribution < -0.4 is 5.32 Å². The molecule has 0 radical (unpaired) electrons. The van der Waals surface area contributed by atoms with Crippen molar-refractivity contribution in [2.24, 2.45) is 0 Å². The van der Waals surface area contributed by atoms with Gasteiger partial charge in [-0.3, -0.25) is 14.4 Å². The number of hydrogen-bond donors (Lipinski definition) is 1. The maximum atomic E-state index is 12.7. The SMILES string of the molecule is CCCN(C(=O)COC(=O)CN(C)S(=O)(=O)c1ccc(NC(C)=O)cc1)C1CCS(=O)(=O)C1. The third-order valence-electron chi connectivity index (χ3n) is 5.03. The molecule has 1 aliphatic heterocycles. The summed E-state index contributed by atoms with van der Waals surface area (Å²) in [5.41, 5.74) is 0.425. The fourth-order valence-corrected chi connectivity index (χ4v) is 6.25. The second-order valence-corrected chi connectivity index (χ2v) is 12.0. The Kier molecular flexibility index (Phi) is 8.97. The van der Waals surface area contributed by atoms with Crippen molar-refractivity contribution >= 4 is 43.3 Å². The molecular weight excluding hydrogens is 474 g/mol.